The van der Waals surface area contributed by atoms with Gasteiger partial charge in [0.1, 0.15) is 5.60 Å². The van der Waals surface area contributed by atoms with Gasteiger partial charge in [0, 0.05) is 38.1 Å². The van der Waals surface area contributed by atoms with Gasteiger partial charge in [0.2, 0.25) is 0 Å². The lowest BCUT2D eigenvalue weighted by Gasteiger charge is -2.35. The number of nitrogens with one attached hydrogen (secondary N) is 1. The second kappa shape index (κ2) is 7.17. The minimum Gasteiger partial charge on any atom is -0.444 e. The van der Waals surface area contributed by atoms with Crippen molar-refractivity contribution < 1.29 is 14.3 Å². The fourth-order valence-electron chi connectivity index (χ4n) is 3.29. The molecule has 1 aromatic carbocycles. The zero-order valence-corrected chi connectivity index (χ0v) is 16.0. The Balaban J connectivity index is 1.45. The van der Waals surface area contributed by atoms with E-state index in [1.165, 1.54) is 5.56 Å². The van der Waals surface area contributed by atoms with Crippen LogP contribution in [0.25, 0.3) is 0 Å². The normalized spacial score (nSPS) is 19.0. The molecule has 26 heavy (non-hydrogen) atoms. The third-order valence-corrected chi connectivity index (χ3v) is 5.04. The zero-order chi connectivity index (χ0) is 18.8. The highest BCUT2D eigenvalue weighted by Crippen LogP contribution is 2.47. The highest BCUT2D eigenvalue weighted by atomic mass is 16.6. The predicted octanol–water partition coefficient (Wildman–Crippen LogP) is 2.98. The molecule has 6 heteroatoms. The van der Waals surface area contributed by atoms with Gasteiger partial charge >= 0.3 is 12.1 Å². The first kappa shape index (κ1) is 18.5. The number of rotatable bonds is 3. The number of hydrogen-bond acceptors (Lipinski definition) is 3. The van der Waals surface area contributed by atoms with Crippen LogP contribution in [0.3, 0.4) is 0 Å². The van der Waals surface area contributed by atoms with Crippen LogP contribution in [0.5, 0.6) is 0 Å². The fourth-order valence-corrected chi connectivity index (χ4v) is 3.29. The van der Waals surface area contributed by atoms with Crippen molar-refractivity contribution in [2.45, 2.75) is 44.6 Å². The van der Waals surface area contributed by atoms with Crippen LogP contribution in [0.1, 0.15) is 39.2 Å². The summed E-state index contributed by atoms with van der Waals surface area (Å²) in [6.45, 7) is 8.31. The molecule has 1 N–H and O–H groups in total. The third kappa shape index (κ3) is 4.48. The van der Waals surface area contributed by atoms with Crippen molar-refractivity contribution in [1.82, 2.24) is 15.1 Å². The van der Waals surface area contributed by atoms with Crippen molar-refractivity contribution in [3.8, 4) is 0 Å². The average Bonchev–Trinajstić information content (AvgIpc) is 3.40. The standard InChI is InChI=1S/C20H29N3O3/c1-19(2,3)26-18(25)23-13-11-22(12-14-23)17(24)21-15-20(9-10-20)16-7-5-4-6-8-16/h4-8H,9-15H2,1-3H3,(H,21,24). The van der Waals surface area contributed by atoms with Gasteiger partial charge in [-0.2, -0.15) is 0 Å². The molecule has 1 aliphatic carbocycles. The Labute approximate surface area is 155 Å². The van der Waals surface area contributed by atoms with E-state index in [0.29, 0.717) is 32.7 Å². The van der Waals surface area contributed by atoms with Crippen LogP contribution >= 0.6 is 0 Å². The van der Waals surface area contributed by atoms with Gasteiger partial charge in [0.25, 0.3) is 0 Å². The summed E-state index contributed by atoms with van der Waals surface area (Å²) in [6.07, 6.45) is 1.92. The molecule has 0 spiro atoms. The molecule has 0 radical (unpaired) electrons. The number of ether oxygens (including phenoxy) is 1. The maximum absolute atomic E-state index is 12.5. The predicted molar refractivity (Wildman–Crippen MR) is 100 cm³/mol. The summed E-state index contributed by atoms with van der Waals surface area (Å²) < 4.78 is 5.39. The maximum Gasteiger partial charge on any atom is 0.410 e. The Hall–Kier alpha value is -2.24. The zero-order valence-electron chi connectivity index (χ0n) is 16.0. The van der Waals surface area contributed by atoms with Crippen molar-refractivity contribution >= 4 is 12.1 Å². The molecule has 0 aromatic heterocycles. The summed E-state index contributed by atoms with van der Waals surface area (Å²) in [5.74, 6) is 0. The SMILES string of the molecule is CC(C)(C)OC(=O)N1CCN(C(=O)NCC2(c3ccccc3)CC2)CC1. The van der Waals surface area contributed by atoms with E-state index in [2.05, 4.69) is 17.4 Å². The van der Waals surface area contributed by atoms with Gasteiger partial charge in [0.05, 0.1) is 0 Å². The summed E-state index contributed by atoms with van der Waals surface area (Å²) >= 11 is 0. The summed E-state index contributed by atoms with van der Waals surface area (Å²) in [5.41, 5.74) is 0.909. The maximum atomic E-state index is 12.5. The minimum absolute atomic E-state index is 0.0453. The Morgan fingerprint density at radius 2 is 1.62 bits per heavy atom. The molecule has 0 bridgehead atoms. The molecule has 1 heterocycles. The molecule has 1 aromatic rings. The van der Waals surface area contributed by atoms with E-state index in [1.807, 2.05) is 39.0 Å². The second-order valence-electron chi connectivity index (χ2n) is 8.26. The number of urea groups is 1. The number of piperazine rings is 1. The number of carbonyl (C=O) groups is 2. The topological polar surface area (TPSA) is 61.9 Å². The van der Waals surface area contributed by atoms with Gasteiger partial charge < -0.3 is 19.9 Å². The van der Waals surface area contributed by atoms with Crippen LogP contribution in [0.15, 0.2) is 30.3 Å². The first-order valence-electron chi connectivity index (χ1n) is 9.35. The van der Waals surface area contributed by atoms with E-state index in [9.17, 15) is 9.59 Å². The number of hydrogen-bond donors (Lipinski definition) is 1. The Morgan fingerprint density at radius 1 is 1.04 bits per heavy atom. The van der Waals surface area contributed by atoms with Crippen LogP contribution in [-0.2, 0) is 10.2 Å². The lowest BCUT2D eigenvalue weighted by Crippen LogP contribution is -2.54. The molecule has 1 saturated carbocycles. The molecule has 0 atom stereocenters. The van der Waals surface area contributed by atoms with Gasteiger partial charge in [-0.15, -0.1) is 0 Å². The quantitative estimate of drug-likeness (QED) is 0.902. The largest absolute Gasteiger partial charge is 0.444 e. The summed E-state index contributed by atoms with van der Waals surface area (Å²) in [5, 5.41) is 3.09. The van der Waals surface area contributed by atoms with E-state index < -0.39 is 5.60 Å². The van der Waals surface area contributed by atoms with Crippen LogP contribution in [0.4, 0.5) is 9.59 Å². The van der Waals surface area contributed by atoms with Gasteiger partial charge in [-0.3, -0.25) is 0 Å². The lowest BCUT2D eigenvalue weighted by atomic mass is 9.96. The number of carbonyl (C=O) groups excluding carboxylic acids is 2. The van der Waals surface area contributed by atoms with Crippen molar-refractivity contribution in [2.24, 2.45) is 0 Å². The van der Waals surface area contributed by atoms with E-state index in [0.717, 1.165) is 12.8 Å². The average molecular weight is 359 g/mol. The Bertz CT molecular complexity index is 642. The molecule has 2 aliphatic rings. The van der Waals surface area contributed by atoms with Gasteiger partial charge in [0.15, 0.2) is 0 Å². The molecule has 1 aliphatic heterocycles. The van der Waals surface area contributed by atoms with Crippen LogP contribution in [-0.4, -0.2) is 60.2 Å². The van der Waals surface area contributed by atoms with Crippen molar-refractivity contribution in [1.29, 1.82) is 0 Å². The monoisotopic (exact) mass is 359 g/mol. The molecule has 1 saturated heterocycles. The summed E-state index contributed by atoms with van der Waals surface area (Å²) in [4.78, 5) is 28.0. The van der Waals surface area contributed by atoms with Crippen molar-refractivity contribution in [3.05, 3.63) is 35.9 Å². The molecule has 6 nitrogen and oxygen atoms in total. The number of amides is 3. The van der Waals surface area contributed by atoms with Crippen LogP contribution < -0.4 is 5.32 Å². The highest BCUT2D eigenvalue weighted by molar-refractivity contribution is 5.75. The summed E-state index contributed by atoms with van der Waals surface area (Å²) in [7, 11) is 0. The molecule has 3 amide bonds. The fraction of sp³-hybridized carbons (Fsp3) is 0.600. The minimum atomic E-state index is -0.498. The van der Waals surface area contributed by atoms with Crippen LogP contribution in [0, 0.1) is 0 Å². The number of benzene rings is 1. The van der Waals surface area contributed by atoms with E-state index in [4.69, 9.17) is 4.74 Å². The Morgan fingerprint density at radius 3 is 2.15 bits per heavy atom. The lowest BCUT2D eigenvalue weighted by molar-refractivity contribution is 0.0170. The molecule has 142 valence electrons. The molecule has 3 rings (SSSR count). The van der Waals surface area contributed by atoms with E-state index >= 15 is 0 Å². The summed E-state index contributed by atoms with van der Waals surface area (Å²) in [6, 6.07) is 10.3. The first-order valence-corrected chi connectivity index (χ1v) is 9.35. The highest BCUT2D eigenvalue weighted by Gasteiger charge is 2.44. The van der Waals surface area contributed by atoms with Gasteiger partial charge in [-0.1, -0.05) is 30.3 Å². The van der Waals surface area contributed by atoms with E-state index in [1.54, 1.807) is 9.80 Å². The number of nitrogens with zero attached hydrogens (tertiary/aromatic N) is 2. The van der Waals surface area contributed by atoms with Gasteiger partial charge in [-0.05, 0) is 39.2 Å². The van der Waals surface area contributed by atoms with Crippen molar-refractivity contribution in [2.75, 3.05) is 32.7 Å². The van der Waals surface area contributed by atoms with Crippen molar-refractivity contribution in [3.63, 3.8) is 0 Å². The first-order chi connectivity index (χ1) is 12.3. The Kier molecular flexibility index (Phi) is 5.12. The third-order valence-electron chi connectivity index (χ3n) is 5.04. The molecule has 0 unspecified atom stereocenters. The molecular formula is C20H29N3O3. The van der Waals surface area contributed by atoms with Crippen LogP contribution in [0.2, 0.25) is 0 Å². The smallest absolute Gasteiger partial charge is 0.410 e. The molecule has 2 fully saturated rings. The molecular weight excluding hydrogens is 330 g/mol. The second-order valence-corrected chi connectivity index (χ2v) is 8.26. The van der Waals surface area contributed by atoms with Gasteiger partial charge in [-0.25, -0.2) is 9.59 Å². The van der Waals surface area contributed by atoms with E-state index in [-0.39, 0.29) is 17.5 Å².